The smallest absolute Gasteiger partial charge is 0.320 e. The molecular weight excluding hydrogens is 764 g/mol. The Bertz CT molecular complexity index is 2200. The van der Waals surface area contributed by atoms with Gasteiger partial charge < -0.3 is 28.6 Å². The second-order valence-electron chi connectivity index (χ2n) is 18.3. The van der Waals surface area contributed by atoms with Crippen molar-refractivity contribution in [3.05, 3.63) is 89.0 Å². The predicted octanol–water partition coefficient (Wildman–Crippen LogP) is 10.4. The topological polar surface area (TPSA) is 86.9 Å². The molecule has 1 fully saturated rings. The summed E-state index contributed by atoms with van der Waals surface area (Å²) in [5, 5.41) is 6.14. The lowest BCUT2D eigenvalue weighted by Crippen LogP contribution is -2.43. The molecule has 0 saturated carbocycles. The van der Waals surface area contributed by atoms with Crippen molar-refractivity contribution in [2.24, 2.45) is 0 Å². The van der Waals surface area contributed by atoms with E-state index in [-0.39, 0.29) is 18.5 Å². The lowest BCUT2D eigenvalue weighted by atomic mass is 9.96. The zero-order valence-electron chi connectivity index (χ0n) is 35.6. The van der Waals surface area contributed by atoms with Crippen molar-refractivity contribution in [1.29, 1.82) is 0 Å². The number of ether oxygens (including phenoxy) is 3. The molecule has 2 amide bonds. The van der Waals surface area contributed by atoms with Crippen LogP contribution in [0.4, 0.5) is 9.18 Å². The quantitative estimate of drug-likeness (QED) is 0.0728. The van der Waals surface area contributed by atoms with Crippen molar-refractivity contribution in [2.45, 2.75) is 117 Å². The number of hydrogen-bond donors (Lipinski definition) is 0. The summed E-state index contributed by atoms with van der Waals surface area (Å²) >= 11 is 0. The number of carbonyl (C=O) groups excluding carboxylic acids is 1. The molecule has 3 aromatic carbocycles. The normalized spacial score (nSPS) is 14.8. The van der Waals surface area contributed by atoms with E-state index < -0.39 is 22.0 Å². The van der Waals surface area contributed by atoms with Crippen molar-refractivity contribution < 1.29 is 23.4 Å². The standard InChI is InChI=1S/C45H61FN6O4Si2/c1-8-34-26-42(56-30-33-15-11-9-12-16-33)38(46)27-37(34)35-17-18-36-40(25-35)52(32-55-22-24-58(5,6)7)48-43(36)44-47-39-28-50(45(53)49-19-13-10-14-20-49)29-41(39)51(44)31-54-21-23-57(2,3)4/h9,11-12,15-18,25-27H,8,10,13-14,19-24,28-32H2,1-7H3. The minimum atomic E-state index is -1.32. The number of halogens is 1. The molecule has 0 spiro atoms. The summed E-state index contributed by atoms with van der Waals surface area (Å²) in [6.07, 6.45) is 3.98. The van der Waals surface area contributed by atoms with Gasteiger partial charge in [-0.2, -0.15) is 5.10 Å². The van der Waals surface area contributed by atoms with Gasteiger partial charge in [-0.15, -0.1) is 0 Å². The minimum absolute atomic E-state index is 0.0850. The largest absolute Gasteiger partial charge is 0.486 e. The van der Waals surface area contributed by atoms with Crippen molar-refractivity contribution >= 4 is 33.1 Å². The molecule has 2 aliphatic heterocycles. The average Bonchev–Trinajstić information content (AvgIpc) is 3.88. The Labute approximate surface area is 345 Å². The molecule has 0 atom stereocenters. The summed E-state index contributed by atoms with van der Waals surface area (Å²) in [6.45, 7) is 20.9. The van der Waals surface area contributed by atoms with Gasteiger partial charge in [-0.3, -0.25) is 0 Å². The van der Waals surface area contributed by atoms with E-state index in [1.807, 2.05) is 56.9 Å². The number of aryl methyl sites for hydroxylation is 1. The number of carbonyl (C=O) groups is 1. The van der Waals surface area contributed by atoms with Crippen LogP contribution in [0.15, 0.2) is 60.7 Å². The van der Waals surface area contributed by atoms with E-state index in [4.69, 9.17) is 24.3 Å². The third-order valence-electron chi connectivity index (χ3n) is 11.2. The lowest BCUT2D eigenvalue weighted by molar-refractivity contribution is 0.0813. The van der Waals surface area contributed by atoms with Crippen molar-refractivity contribution in [3.8, 4) is 28.4 Å². The molecule has 4 heterocycles. The molecule has 2 aromatic heterocycles. The first-order valence-corrected chi connectivity index (χ1v) is 28.5. The van der Waals surface area contributed by atoms with Crippen molar-refractivity contribution in [2.75, 3.05) is 26.3 Å². The van der Waals surface area contributed by atoms with Crippen LogP contribution in [0.25, 0.3) is 33.5 Å². The molecule has 0 N–H and O–H groups in total. The first kappa shape index (κ1) is 41.8. The van der Waals surface area contributed by atoms with E-state index in [0.29, 0.717) is 46.1 Å². The number of hydrogen-bond acceptors (Lipinski definition) is 6. The Kier molecular flexibility index (Phi) is 12.9. The molecule has 58 heavy (non-hydrogen) atoms. The SMILES string of the molecule is CCc1cc(OCc2ccccc2)c(F)cc1-c1ccc2c(-c3nc4c(n3COCC[Si](C)(C)C)CN(C(=O)N3CCCCC3)C4)nn(COCC[Si](C)(C)C)c2c1. The van der Waals surface area contributed by atoms with Crippen LogP contribution < -0.4 is 4.74 Å². The monoisotopic (exact) mass is 824 g/mol. The Morgan fingerprint density at radius 3 is 2.22 bits per heavy atom. The summed E-state index contributed by atoms with van der Waals surface area (Å²) in [5.74, 6) is 0.573. The predicted molar refractivity (Wildman–Crippen MR) is 235 cm³/mol. The van der Waals surface area contributed by atoms with Gasteiger partial charge in [0, 0.05) is 47.8 Å². The van der Waals surface area contributed by atoms with E-state index in [1.165, 1.54) is 6.42 Å². The minimum Gasteiger partial charge on any atom is -0.486 e. The number of piperidine rings is 1. The lowest BCUT2D eigenvalue weighted by Gasteiger charge is -2.30. The second kappa shape index (κ2) is 17.9. The van der Waals surface area contributed by atoms with Crippen LogP contribution in [0.2, 0.25) is 51.4 Å². The molecule has 0 aliphatic carbocycles. The van der Waals surface area contributed by atoms with Gasteiger partial charge in [0.2, 0.25) is 0 Å². The van der Waals surface area contributed by atoms with E-state index >= 15 is 4.39 Å². The maximum atomic E-state index is 15.8. The van der Waals surface area contributed by atoms with E-state index in [2.05, 4.69) is 62.9 Å². The van der Waals surface area contributed by atoms with Crippen LogP contribution in [0, 0.1) is 5.82 Å². The average molecular weight is 825 g/mol. The Balaban J connectivity index is 1.24. The molecule has 2 aliphatic rings. The first-order valence-electron chi connectivity index (χ1n) is 21.1. The number of urea groups is 1. The summed E-state index contributed by atoms with van der Waals surface area (Å²) in [4.78, 5) is 22.8. The molecule has 7 rings (SSSR count). The zero-order chi connectivity index (χ0) is 41.0. The zero-order valence-corrected chi connectivity index (χ0v) is 37.6. The molecule has 0 bridgehead atoms. The molecule has 5 aromatic rings. The Morgan fingerprint density at radius 2 is 1.53 bits per heavy atom. The molecule has 310 valence electrons. The van der Waals surface area contributed by atoms with E-state index in [9.17, 15) is 4.79 Å². The fourth-order valence-electron chi connectivity index (χ4n) is 7.67. The maximum Gasteiger partial charge on any atom is 0.320 e. The molecule has 0 unspecified atom stereocenters. The van der Waals surface area contributed by atoms with Crippen LogP contribution in [0.1, 0.15) is 48.7 Å². The number of amides is 2. The number of benzene rings is 3. The fourth-order valence-corrected chi connectivity index (χ4v) is 9.18. The maximum absolute atomic E-state index is 15.8. The van der Waals surface area contributed by atoms with Gasteiger partial charge >= 0.3 is 6.03 Å². The van der Waals surface area contributed by atoms with Crippen LogP contribution in [0.5, 0.6) is 5.75 Å². The second-order valence-corrected chi connectivity index (χ2v) is 29.5. The van der Waals surface area contributed by atoms with E-state index in [0.717, 1.165) is 94.1 Å². The highest BCUT2D eigenvalue weighted by Crippen LogP contribution is 2.37. The van der Waals surface area contributed by atoms with Gasteiger partial charge in [-0.05, 0) is 84.3 Å². The Morgan fingerprint density at radius 1 is 0.828 bits per heavy atom. The molecule has 13 heteroatoms. The summed E-state index contributed by atoms with van der Waals surface area (Å²) in [7, 11) is -2.63. The molecule has 0 radical (unpaired) electrons. The molecule has 1 saturated heterocycles. The van der Waals surface area contributed by atoms with Crippen molar-refractivity contribution in [1.82, 2.24) is 29.1 Å². The van der Waals surface area contributed by atoms with Gasteiger partial charge in [-0.1, -0.05) is 82.6 Å². The van der Waals surface area contributed by atoms with Crippen LogP contribution >= 0.6 is 0 Å². The number of likely N-dealkylation sites (tertiary alicyclic amines) is 1. The summed E-state index contributed by atoms with van der Waals surface area (Å²) in [6, 6.07) is 21.6. The highest BCUT2D eigenvalue weighted by molar-refractivity contribution is 6.76. The third kappa shape index (κ3) is 9.92. The van der Waals surface area contributed by atoms with Gasteiger partial charge in [0.15, 0.2) is 17.4 Å². The van der Waals surface area contributed by atoms with Gasteiger partial charge in [0.05, 0.1) is 30.0 Å². The fraction of sp³-hybridized carbons (Fsp3) is 0.489. The van der Waals surface area contributed by atoms with Gasteiger partial charge in [-0.25, -0.2) is 18.9 Å². The molecular formula is C45H61FN6O4Si2. The molecule has 10 nitrogen and oxygen atoms in total. The number of fused-ring (bicyclic) bond motifs is 2. The summed E-state index contributed by atoms with van der Waals surface area (Å²) < 4.78 is 38.5. The van der Waals surface area contributed by atoms with Gasteiger partial charge in [0.25, 0.3) is 0 Å². The number of aromatic nitrogens is 4. The first-order chi connectivity index (χ1) is 27.8. The highest BCUT2D eigenvalue weighted by atomic mass is 28.3. The summed E-state index contributed by atoms with van der Waals surface area (Å²) in [5.41, 5.74) is 7.18. The highest BCUT2D eigenvalue weighted by Gasteiger charge is 2.34. The van der Waals surface area contributed by atoms with E-state index in [1.54, 1.807) is 6.07 Å². The van der Waals surface area contributed by atoms with Crippen LogP contribution in [-0.2, 0) is 49.1 Å². The number of nitrogens with zero attached hydrogens (tertiary/aromatic N) is 6. The van der Waals surface area contributed by atoms with Crippen LogP contribution in [0.3, 0.4) is 0 Å². The number of rotatable bonds is 16. The van der Waals surface area contributed by atoms with Crippen molar-refractivity contribution in [3.63, 3.8) is 0 Å². The number of imidazole rings is 1. The van der Waals surface area contributed by atoms with Gasteiger partial charge in [0.1, 0.15) is 25.8 Å². The van der Waals surface area contributed by atoms with Crippen LogP contribution in [-0.4, -0.2) is 77.6 Å². The third-order valence-corrected chi connectivity index (χ3v) is 14.6. The Hall–Kier alpha value is -4.31.